The van der Waals surface area contributed by atoms with Crippen LogP contribution in [-0.2, 0) is 0 Å². The summed E-state index contributed by atoms with van der Waals surface area (Å²) in [4.78, 5) is 0. The van der Waals surface area contributed by atoms with Gasteiger partial charge in [-0.25, -0.2) is 0 Å². The highest BCUT2D eigenvalue weighted by atomic mass is 35.5. The Balaban J connectivity index is 0. The van der Waals surface area contributed by atoms with Gasteiger partial charge in [0, 0.05) is 0 Å². The molecule has 0 nitrogen and oxygen atoms in total. The predicted octanol–water partition coefficient (Wildman–Crippen LogP) is 3.58. The molecule has 0 atom stereocenters. The van der Waals surface area contributed by atoms with Gasteiger partial charge in [0.1, 0.15) is 4.33 Å². The Hall–Kier alpha value is 1.16. The van der Waals surface area contributed by atoms with Crippen molar-refractivity contribution in [3.63, 3.8) is 0 Å². The molecule has 1 fully saturated rings. The third kappa shape index (κ3) is 4.55. The van der Waals surface area contributed by atoms with Crippen LogP contribution in [0.2, 0.25) is 0 Å². The van der Waals surface area contributed by atoms with E-state index >= 15 is 0 Å². The average Bonchev–Trinajstić information content (AvgIpc) is 1.84. The first-order valence-corrected chi connectivity index (χ1v) is 3.34. The van der Waals surface area contributed by atoms with Gasteiger partial charge in [0.05, 0.1) is 0 Å². The van der Waals surface area contributed by atoms with Crippen LogP contribution >= 0.6 is 48.0 Å². The van der Waals surface area contributed by atoms with Crippen molar-refractivity contribution >= 4 is 48.0 Å². The second-order valence-corrected chi connectivity index (χ2v) is 3.70. The number of alkyl halides is 2. The zero-order valence-electron chi connectivity index (χ0n) is 4.90. The van der Waals surface area contributed by atoms with Crippen LogP contribution in [0.4, 0.5) is 0 Å². The molecule has 0 N–H and O–H groups in total. The normalized spacial score (nSPS) is 22.0. The summed E-state index contributed by atoms with van der Waals surface area (Å²) in [5.74, 6) is 0. The van der Waals surface area contributed by atoms with Crippen LogP contribution in [0.5, 0.6) is 0 Å². The number of hydrogen-bond acceptors (Lipinski definition) is 0. The first kappa shape index (κ1) is 12.8. The van der Waals surface area contributed by atoms with Crippen molar-refractivity contribution in [2.24, 2.45) is 0 Å². The van der Waals surface area contributed by atoms with Gasteiger partial charge in [-0.15, -0.1) is 48.0 Å². The minimum absolute atomic E-state index is 0. The Morgan fingerprint density at radius 1 is 0.889 bits per heavy atom. The fourth-order valence-corrected chi connectivity index (χ4v) is 1.43. The molecule has 0 saturated heterocycles. The average molecular weight is 212 g/mol. The Kier molecular flexibility index (Phi) is 6.97. The van der Waals surface area contributed by atoms with E-state index < -0.39 is 0 Å². The Bertz CT molecular complexity index is 63.4. The Morgan fingerprint density at radius 2 is 1.22 bits per heavy atom. The van der Waals surface area contributed by atoms with Gasteiger partial charge in [0.15, 0.2) is 0 Å². The molecular weight excluding hydrogens is 202 g/mol. The molecule has 0 aliphatic heterocycles. The zero-order valence-corrected chi connectivity index (χ0v) is 8.05. The molecule has 0 aromatic heterocycles. The third-order valence-corrected chi connectivity index (χ3v) is 2.09. The third-order valence-electron chi connectivity index (χ3n) is 1.34. The molecule has 58 valence electrons. The monoisotopic (exact) mass is 210 g/mol. The molecule has 9 heavy (non-hydrogen) atoms. The van der Waals surface area contributed by atoms with Crippen LogP contribution in [0.3, 0.4) is 0 Å². The predicted molar refractivity (Wildman–Crippen MR) is 47.4 cm³/mol. The van der Waals surface area contributed by atoms with Gasteiger partial charge in [-0.3, -0.25) is 0 Å². The summed E-state index contributed by atoms with van der Waals surface area (Å²) in [5.41, 5.74) is 0. The van der Waals surface area contributed by atoms with Crippen molar-refractivity contribution in [1.82, 2.24) is 0 Å². The van der Waals surface area contributed by atoms with E-state index in [0.29, 0.717) is 0 Å². The van der Waals surface area contributed by atoms with Crippen molar-refractivity contribution in [2.45, 2.75) is 30.0 Å². The summed E-state index contributed by atoms with van der Waals surface area (Å²) in [7, 11) is 0. The molecule has 1 rings (SSSR count). The molecule has 0 bridgehead atoms. The maximum absolute atomic E-state index is 5.73. The van der Waals surface area contributed by atoms with Crippen molar-refractivity contribution < 1.29 is 0 Å². The van der Waals surface area contributed by atoms with E-state index in [-0.39, 0.29) is 29.1 Å². The van der Waals surface area contributed by atoms with E-state index in [2.05, 4.69) is 0 Å². The van der Waals surface area contributed by atoms with Gasteiger partial charge >= 0.3 is 0 Å². The Morgan fingerprint density at radius 3 is 1.33 bits per heavy atom. The SMILES string of the molecule is Cl.Cl.ClC1(Cl)CCCC1. The highest BCUT2D eigenvalue weighted by molar-refractivity contribution is 6.48. The summed E-state index contributed by atoms with van der Waals surface area (Å²) in [6.45, 7) is 0. The quantitative estimate of drug-likeness (QED) is 0.538. The summed E-state index contributed by atoms with van der Waals surface area (Å²) in [6.07, 6.45) is 4.37. The summed E-state index contributed by atoms with van der Waals surface area (Å²) >= 11 is 11.5. The smallest absolute Gasteiger partial charge is 0.118 e. The summed E-state index contributed by atoms with van der Waals surface area (Å²) < 4.78 is -0.361. The second kappa shape index (κ2) is 4.90. The number of rotatable bonds is 0. The lowest BCUT2D eigenvalue weighted by atomic mass is 10.4. The molecule has 0 aromatic rings. The van der Waals surface area contributed by atoms with Crippen LogP contribution in [0.15, 0.2) is 0 Å². The molecule has 0 radical (unpaired) electrons. The highest BCUT2D eigenvalue weighted by Crippen LogP contribution is 2.38. The molecule has 0 spiro atoms. The maximum Gasteiger partial charge on any atom is 0.118 e. The second-order valence-electron chi connectivity index (χ2n) is 2.06. The fraction of sp³-hybridized carbons (Fsp3) is 1.00. The maximum atomic E-state index is 5.73. The molecule has 0 aromatic carbocycles. The van der Waals surface area contributed by atoms with Gasteiger partial charge in [0.2, 0.25) is 0 Å². The largest absolute Gasteiger partial charge is 0.147 e. The van der Waals surface area contributed by atoms with Crippen LogP contribution in [-0.4, -0.2) is 4.33 Å². The first-order valence-electron chi connectivity index (χ1n) is 2.59. The lowest BCUT2D eigenvalue weighted by Gasteiger charge is -2.06. The van der Waals surface area contributed by atoms with Crippen LogP contribution in [0, 0.1) is 0 Å². The van der Waals surface area contributed by atoms with E-state index in [9.17, 15) is 0 Å². The van der Waals surface area contributed by atoms with Gasteiger partial charge < -0.3 is 0 Å². The van der Waals surface area contributed by atoms with Crippen LogP contribution in [0.25, 0.3) is 0 Å². The summed E-state index contributed by atoms with van der Waals surface area (Å²) in [5, 5.41) is 0. The standard InChI is InChI=1S/C5H8Cl2.2ClH/c6-5(7)3-1-2-4-5;;/h1-4H2;2*1H. The van der Waals surface area contributed by atoms with Crippen molar-refractivity contribution in [3.8, 4) is 0 Å². The van der Waals surface area contributed by atoms with Crippen molar-refractivity contribution in [3.05, 3.63) is 0 Å². The van der Waals surface area contributed by atoms with Crippen molar-refractivity contribution in [2.75, 3.05) is 0 Å². The minimum atomic E-state index is -0.361. The first-order chi connectivity index (χ1) is 3.21. The highest BCUT2D eigenvalue weighted by Gasteiger charge is 2.27. The van der Waals surface area contributed by atoms with E-state index in [0.717, 1.165) is 12.8 Å². The topological polar surface area (TPSA) is 0 Å². The number of halogens is 4. The fourth-order valence-electron chi connectivity index (χ4n) is 0.892. The lowest BCUT2D eigenvalue weighted by molar-refractivity contribution is 0.816. The van der Waals surface area contributed by atoms with Gasteiger partial charge in [-0.2, -0.15) is 0 Å². The molecule has 0 amide bonds. The molecule has 1 saturated carbocycles. The van der Waals surface area contributed by atoms with Gasteiger partial charge in [-0.1, -0.05) is 12.8 Å². The van der Waals surface area contributed by atoms with Crippen LogP contribution < -0.4 is 0 Å². The molecule has 1 aliphatic rings. The zero-order chi connectivity index (χ0) is 5.33. The van der Waals surface area contributed by atoms with Crippen molar-refractivity contribution in [1.29, 1.82) is 0 Å². The molecule has 4 heteroatoms. The minimum Gasteiger partial charge on any atom is -0.147 e. The molecular formula is C5H10Cl4. The Labute approximate surface area is 78.1 Å². The molecule has 1 aliphatic carbocycles. The van der Waals surface area contributed by atoms with Crippen LogP contribution in [0.1, 0.15) is 25.7 Å². The summed E-state index contributed by atoms with van der Waals surface area (Å²) in [6, 6.07) is 0. The van der Waals surface area contributed by atoms with Gasteiger partial charge in [0.25, 0.3) is 0 Å². The van der Waals surface area contributed by atoms with E-state index in [1.807, 2.05) is 0 Å². The lowest BCUT2D eigenvalue weighted by Crippen LogP contribution is -2.02. The van der Waals surface area contributed by atoms with E-state index in [4.69, 9.17) is 23.2 Å². The van der Waals surface area contributed by atoms with Gasteiger partial charge in [-0.05, 0) is 12.8 Å². The molecule has 0 heterocycles. The van der Waals surface area contributed by atoms with E-state index in [1.165, 1.54) is 12.8 Å². The van der Waals surface area contributed by atoms with E-state index in [1.54, 1.807) is 0 Å². The molecule has 0 unspecified atom stereocenters. The number of hydrogen-bond donors (Lipinski definition) is 0.